The number of carbonyl (C=O) groups is 1. The molecule has 1 N–H and O–H groups in total. The fourth-order valence-electron chi connectivity index (χ4n) is 2.57. The Kier molecular flexibility index (Phi) is 3.02. The Morgan fingerprint density at radius 1 is 1.58 bits per heavy atom. The van der Waals surface area contributed by atoms with Gasteiger partial charge in [0, 0.05) is 0 Å². The Bertz CT molecular complexity index is 625. The second-order valence-corrected chi connectivity index (χ2v) is 4.71. The van der Waals surface area contributed by atoms with Crippen molar-refractivity contribution in [2.45, 2.75) is 18.9 Å². The third-order valence-corrected chi connectivity index (χ3v) is 3.55. The Morgan fingerprint density at radius 2 is 2.42 bits per heavy atom. The molecule has 0 saturated carbocycles. The number of carbonyl (C=O) groups excluding carboxylic acids is 1. The van der Waals surface area contributed by atoms with Crippen LogP contribution in [0.25, 0.3) is 11.0 Å². The predicted molar refractivity (Wildman–Crippen MR) is 71.9 cm³/mol. The second kappa shape index (κ2) is 4.70. The molecule has 0 amide bonds. The van der Waals surface area contributed by atoms with Gasteiger partial charge in [-0.15, -0.1) is 0 Å². The van der Waals surface area contributed by atoms with Crippen molar-refractivity contribution in [1.82, 2.24) is 14.8 Å². The van der Waals surface area contributed by atoms with Crippen LogP contribution in [-0.2, 0) is 4.74 Å². The van der Waals surface area contributed by atoms with Gasteiger partial charge in [-0.05, 0) is 31.5 Å². The van der Waals surface area contributed by atoms with Crippen LogP contribution in [-0.4, -0.2) is 42.4 Å². The number of aromatic amines is 1. The number of benzene rings is 1. The lowest BCUT2D eigenvalue weighted by atomic mass is 10.2. The third kappa shape index (κ3) is 2.02. The topological polar surface area (TPSA) is 58.2 Å². The lowest BCUT2D eigenvalue weighted by molar-refractivity contribution is 0.0603. The molecule has 96 valence electrons. The number of para-hydroxylation sites is 1. The first-order chi connectivity index (χ1) is 9.20. The maximum Gasteiger partial charge on any atom is 0.340 e. The molecule has 3 rings (SSSR count). The van der Waals surface area contributed by atoms with Gasteiger partial charge in [-0.25, -0.2) is 9.78 Å². The number of nitrogens with one attached hydrogen (secondary N) is 1. The van der Waals surface area contributed by atoms with Gasteiger partial charge in [-0.1, -0.05) is 6.07 Å². The molecule has 2 heterocycles. The average Bonchev–Trinajstić information content (AvgIpc) is 3.02. The molecule has 5 nitrogen and oxygen atoms in total. The lowest BCUT2D eigenvalue weighted by Gasteiger charge is -2.17. The van der Waals surface area contributed by atoms with Gasteiger partial charge in [-0.3, -0.25) is 0 Å². The van der Waals surface area contributed by atoms with E-state index < -0.39 is 0 Å². The van der Waals surface area contributed by atoms with E-state index >= 15 is 0 Å². The summed E-state index contributed by atoms with van der Waals surface area (Å²) in [5, 5.41) is 0. The number of ether oxygens (including phenoxy) is 1. The van der Waals surface area contributed by atoms with Crippen molar-refractivity contribution in [3.05, 3.63) is 29.6 Å². The average molecular weight is 255 g/mol. The highest BCUT2D eigenvalue weighted by molar-refractivity contribution is 6.05. The van der Waals surface area contributed by atoms with Gasteiger partial charge in [-0.2, -0.15) is 0 Å². The van der Waals surface area contributed by atoms with Crippen LogP contribution in [0.2, 0.25) is 0 Å². The van der Waals surface area contributed by atoms with Crippen molar-refractivity contribution >= 4 is 25.0 Å². The molecule has 0 unspecified atom stereocenters. The third-order valence-electron chi connectivity index (χ3n) is 3.55. The quantitative estimate of drug-likeness (QED) is 0.653. The lowest BCUT2D eigenvalue weighted by Crippen LogP contribution is -2.20. The van der Waals surface area contributed by atoms with Gasteiger partial charge in [0.2, 0.25) is 0 Å². The van der Waals surface area contributed by atoms with E-state index in [4.69, 9.17) is 12.7 Å². The molecule has 1 aromatic heterocycles. The van der Waals surface area contributed by atoms with Crippen LogP contribution in [0.15, 0.2) is 18.2 Å². The molecule has 19 heavy (non-hydrogen) atoms. The number of fused-ring (bicyclic) bond motifs is 1. The number of aromatic nitrogens is 2. The van der Waals surface area contributed by atoms with Gasteiger partial charge in [0.1, 0.15) is 11.3 Å². The zero-order valence-corrected chi connectivity index (χ0v) is 10.7. The van der Waals surface area contributed by atoms with Crippen molar-refractivity contribution in [2.75, 3.05) is 13.7 Å². The molecule has 6 heteroatoms. The van der Waals surface area contributed by atoms with Crippen molar-refractivity contribution in [2.24, 2.45) is 0 Å². The zero-order valence-electron chi connectivity index (χ0n) is 10.7. The highest BCUT2D eigenvalue weighted by Crippen LogP contribution is 2.30. The first kappa shape index (κ1) is 12.2. The molecule has 2 aromatic rings. The van der Waals surface area contributed by atoms with Crippen molar-refractivity contribution in [3.8, 4) is 0 Å². The predicted octanol–water partition coefficient (Wildman–Crippen LogP) is 1.57. The summed E-state index contributed by atoms with van der Waals surface area (Å²) < 4.78 is 4.77. The SMILES string of the molecule is [B]N1CCC[C@H]1c1nc2c(C(=O)OC)cccc2[nH]1. The Labute approximate surface area is 112 Å². The van der Waals surface area contributed by atoms with E-state index in [0.717, 1.165) is 30.7 Å². The number of nitrogens with zero attached hydrogens (tertiary/aromatic N) is 2. The summed E-state index contributed by atoms with van der Waals surface area (Å²) in [6.45, 7) is 0.867. The molecule has 1 saturated heterocycles. The fourth-order valence-corrected chi connectivity index (χ4v) is 2.57. The smallest absolute Gasteiger partial charge is 0.340 e. The summed E-state index contributed by atoms with van der Waals surface area (Å²) in [5.41, 5.74) is 1.95. The molecule has 0 bridgehead atoms. The summed E-state index contributed by atoms with van der Waals surface area (Å²) in [7, 11) is 7.31. The van der Waals surface area contributed by atoms with Gasteiger partial charge in [0.15, 0.2) is 7.98 Å². The highest BCUT2D eigenvalue weighted by atomic mass is 16.5. The van der Waals surface area contributed by atoms with Crippen LogP contribution in [0.1, 0.15) is 35.1 Å². The Morgan fingerprint density at radius 3 is 3.11 bits per heavy atom. The molecule has 1 aliphatic rings. The standard InChI is InChI=1S/C13H14BN3O2/c1-19-13(18)8-4-2-5-9-11(8)16-12(15-9)10-6-3-7-17(10)14/h2,4-5,10H,3,6-7H2,1H3,(H,15,16)/t10-/m0/s1. The normalized spacial score (nSPS) is 19.9. The van der Waals surface area contributed by atoms with Crippen molar-refractivity contribution < 1.29 is 9.53 Å². The van der Waals surface area contributed by atoms with Crippen LogP contribution in [0.4, 0.5) is 0 Å². The van der Waals surface area contributed by atoms with E-state index in [1.165, 1.54) is 7.11 Å². The zero-order chi connectivity index (χ0) is 13.4. The number of H-pyrrole nitrogens is 1. The van der Waals surface area contributed by atoms with E-state index in [1.807, 2.05) is 12.1 Å². The molecular formula is C13H14BN3O2. The largest absolute Gasteiger partial charge is 0.465 e. The van der Waals surface area contributed by atoms with E-state index in [2.05, 4.69) is 9.97 Å². The second-order valence-electron chi connectivity index (χ2n) is 4.71. The van der Waals surface area contributed by atoms with Crippen LogP contribution < -0.4 is 0 Å². The number of hydrogen-bond donors (Lipinski definition) is 1. The molecule has 1 aliphatic heterocycles. The van der Waals surface area contributed by atoms with Crippen molar-refractivity contribution in [1.29, 1.82) is 0 Å². The first-order valence-corrected chi connectivity index (χ1v) is 6.29. The number of imidazole rings is 1. The maximum atomic E-state index is 11.7. The van der Waals surface area contributed by atoms with Gasteiger partial charge >= 0.3 is 5.97 Å². The molecule has 1 fully saturated rings. The van der Waals surface area contributed by atoms with Crippen LogP contribution in [0.5, 0.6) is 0 Å². The number of esters is 1. The number of rotatable bonds is 2. The van der Waals surface area contributed by atoms with Crippen LogP contribution in [0.3, 0.4) is 0 Å². The van der Waals surface area contributed by atoms with E-state index in [9.17, 15) is 4.79 Å². The molecule has 1 aromatic carbocycles. The molecule has 1 atom stereocenters. The summed E-state index contributed by atoms with van der Waals surface area (Å²) in [6.07, 6.45) is 2.03. The molecule has 0 aliphatic carbocycles. The van der Waals surface area contributed by atoms with Gasteiger partial charge in [0.05, 0.1) is 24.2 Å². The van der Waals surface area contributed by atoms with E-state index in [-0.39, 0.29) is 12.0 Å². The Balaban J connectivity index is 2.07. The summed E-state index contributed by atoms with van der Waals surface area (Å²) in [6, 6.07) is 5.52. The number of hydrogen-bond acceptors (Lipinski definition) is 4. The monoisotopic (exact) mass is 255 g/mol. The summed E-state index contributed by atoms with van der Waals surface area (Å²) in [5.74, 6) is 0.436. The highest BCUT2D eigenvalue weighted by Gasteiger charge is 2.25. The fraction of sp³-hybridized carbons (Fsp3) is 0.385. The minimum absolute atomic E-state index is 0.0953. The van der Waals surface area contributed by atoms with Gasteiger partial charge < -0.3 is 14.5 Å². The molecular weight excluding hydrogens is 241 g/mol. The minimum atomic E-state index is -0.375. The van der Waals surface area contributed by atoms with Gasteiger partial charge in [0.25, 0.3) is 0 Å². The molecule has 2 radical (unpaired) electrons. The van der Waals surface area contributed by atoms with Crippen LogP contribution in [0, 0.1) is 0 Å². The number of methoxy groups -OCH3 is 1. The first-order valence-electron chi connectivity index (χ1n) is 6.29. The maximum absolute atomic E-state index is 11.7. The van der Waals surface area contributed by atoms with Crippen molar-refractivity contribution in [3.63, 3.8) is 0 Å². The Hall–Kier alpha value is -1.82. The van der Waals surface area contributed by atoms with Crippen LogP contribution >= 0.6 is 0 Å². The summed E-state index contributed by atoms with van der Waals surface area (Å²) >= 11 is 0. The van der Waals surface area contributed by atoms with E-state index in [0.29, 0.717) is 11.1 Å². The molecule has 0 spiro atoms. The summed E-state index contributed by atoms with van der Waals surface area (Å²) in [4.78, 5) is 21.3. The van der Waals surface area contributed by atoms with E-state index in [1.54, 1.807) is 10.9 Å². The minimum Gasteiger partial charge on any atom is -0.465 e.